The van der Waals surface area contributed by atoms with Gasteiger partial charge in [-0.2, -0.15) is 0 Å². The van der Waals surface area contributed by atoms with E-state index in [1.165, 1.54) is 6.08 Å². The normalized spacial score (nSPS) is 11.0. The highest BCUT2D eigenvalue weighted by molar-refractivity contribution is 5.92. The molecular formula is C21H23N3O4. The minimum Gasteiger partial charge on any atom is -0.493 e. The zero-order chi connectivity index (χ0) is 20.1. The predicted octanol–water partition coefficient (Wildman–Crippen LogP) is 2.93. The topological polar surface area (TPSA) is 74.6 Å². The molecule has 0 spiro atoms. The maximum absolute atomic E-state index is 12.2. The van der Waals surface area contributed by atoms with E-state index < -0.39 is 0 Å². The number of hydrogen-bond acceptors (Lipinski definition) is 5. The van der Waals surface area contributed by atoms with Crippen LogP contribution in [0.15, 0.2) is 42.5 Å². The van der Waals surface area contributed by atoms with Gasteiger partial charge in [-0.15, -0.1) is 0 Å². The molecule has 0 saturated heterocycles. The highest BCUT2D eigenvalue weighted by atomic mass is 16.5. The molecule has 2 aromatic carbocycles. The second kappa shape index (κ2) is 8.47. The van der Waals surface area contributed by atoms with Gasteiger partial charge in [0.2, 0.25) is 11.7 Å². The molecule has 0 fully saturated rings. The number of carbonyl (C=O) groups is 1. The van der Waals surface area contributed by atoms with Crippen LogP contribution in [0, 0.1) is 0 Å². The molecule has 0 bridgehead atoms. The summed E-state index contributed by atoms with van der Waals surface area (Å²) in [5, 5.41) is 2.85. The van der Waals surface area contributed by atoms with Crippen LogP contribution in [0.3, 0.4) is 0 Å². The van der Waals surface area contributed by atoms with Crippen molar-refractivity contribution < 1.29 is 19.0 Å². The number of imidazole rings is 1. The molecule has 1 N–H and O–H groups in total. The SMILES string of the molecule is COc1cc(/C=C/C(=O)NCc2nc3ccccc3n2C)cc(OC)c1OC. The van der Waals surface area contributed by atoms with E-state index >= 15 is 0 Å². The first-order chi connectivity index (χ1) is 13.6. The Labute approximate surface area is 163 Å². The summed E-state index contributed by atoms with van der Waals surface area (Å²) in [6.45, 7) is 0.337. The summed E-state index contributed by atoms with van der Waals surface area (Å²) in [6.07, 6.45) is 3.15. The van der Waals surface area contributed by atoms with Crippen LogP contribution in [0.2, 0.25) is 0 Å². The Morgan fingerprint density at radius 1 is 1.11 bits per heavy atom. The Morgan fingerprint density at radius 3 is 2.39 bits per heavy atom. The first kappa shape index (κ1) is 19.3. The van der Waals surface area contributed by atoms with Crippen LogP contribution in [0.5, 0.6) is 17.2 Å². The molecule has 28 heavy (non-hydrogen) atoms. The van der Waals surface area contributed by atoms with Crippen LogP contribution >= 0.6 is 0 Å². The number of methoxy groups -OCH3 is 3. The number of hydrogen-bond donors (Lipinski definition) is 1. The summed E-state index contributed by atoms with van der Waals surface area (Å²) < 4.78 is 17.9. The summed E-state index contributed by atoms with van der Waals surface area (Å²) in [7, 11) is 6.58. The number of aromatic nitrogens is 2. The number of carbonyl (C=O) groups excluding carboxylic acids is 1. The maximum atomic E-state index is 12.2. The van der Waals surface area contributed by atoms with Crippen molar-refractivity contribution in [2.75, 3.05) is 21.3 Å². The zero-order valence-corrected chi connectivity index (χ0v) is 16.4. The molecule has 0 aliphatic rings. The third-order valence-electron chi connectivity index (χ3n) is 4.41. The van der Waals surface area contributed by atoms with Crippen molar-refractivity contribution in [3.63, 3.8) is 0 Å². The Kier molecular flexibility index (Phi) is 5.84. The molecular weight excluding hydrogens is 358 g/mol. The van der Waals surface area contributed by atoms with Crippen molar-refractivity contribution in [3.8, 4) is 17.2 Å². The third kappa shape index (κ3) is 3.93. The van der Waals surface area contributed by atoms with Crippen molar-refractivity contribution in [1.82, 2.24) is 14.9 Å². The van der Waals surface area contributed by atoms with Crippen LogP contribution in [-0.2, 0) is 18.4 Å². The number of fused-ring (bicyclic) bond motifs is 1. The molecule has 1 heterocycles. The van der Waals surface area contributed by atoms with E-state index in [2.05, 4.69) is 10.3 Å². The molecule has 146 valence electrons. The van der Waals surface area contributed by atoms with E-state index in [1.54, 1.807) is 39.5 Å². The predicted molar refractivity (Wildman–Crippen MR) is 108 cm³/mol. The lowest BCUT2D eigenvalue weighted by atomic mass is 10.1. The molecule has 7 nitrogen and oxygen atoms in total. The Bertz CT molecular complexity index is 999. The molecule has 0 aliphatic heterocycles. The summed E-state index contributed by atoms with van der Waals surface area (Å²) >= 11 is 0. The van der Waals surface area contributed by atoms with Crippen molar-refractivity contribution in [3.05, 3.63) is 53.9 Å². The number of amides is 1. The van der Waals surface area contributed by atoms with Gasteiger partial charge in [-0.25, -0.2) is 4.98 Å². The van der Waals surface area contributed by atoms with Gasteiger partial charge < -0.3 is 24.1 Å². The Balaban J connectivity index is 1.70. The van der Waals surface area contributed by atoms with E-state index in [1.807, 2.05) is 35.9 Å². The summed E-state index contributed by atoms with van der Waals surface area (Å²) in [6, 6.07) is 11.4. The smallest absolute Gasteiger partial charge is 0.244 e. The first-order valence-electron chi connectivity index (χ1n) is 8.73. The van der Waals surface area contributed by atoms with Crippen molar-refractivity contribution in [2.24, 2.45) is 7.05 Å². The molecule has 7 heteroatoms. The van der Waals surface area contributed by atoms with Gasteiger partial charge >= 0.3 is 0 Å². The molecule has 0 unspecified atom stereocenters. The van der Waals surface area contributed by atoms with Crippen molar-refractivity contribution in [2.45, 2.75) is 6.54 Å². The van der Waals surface area contributed by atoms with E-state index in [4.69, 9.17) is 14.2 Å². The lowest BCUT2D eigenvalue weighted by Gasteiger charge is -2.12. The molecule has 1 aromatic heterocycles. The second-order valence-electron chi connectivity index (χ2n) is 6.09. The molecule has 0 radical (unpaired) electrons. The average molecular weight is 381 g/mol. The largest absolute Gasteiger partial charge is 0.493 e. The molecule has 0 aliphatic carbocycles. The zero-order valence-electron chi connectivity index (χ0n) is 16.4. The summed E-state index contributed by atoms with van der Waals surface area (Å²) in [5.41, 5.74) is 2.69. The van der Waals surface area contributed by atoms with Gasteiger partial charge in [-0.05, 0) is 35.9 Å². The van der Waals surface area contributed by atoms with Gasteiger partial charge in [-0.3, -0.25) is 4.79 Å². The lowest BCUT2D eigenvalue weighted by Crippen LogP contribution is -2.22. The Hall–Kier alpha value is -3.48. The van der Waals surface area contributed by atoms with Crippen molar-refractivity contribution >= 4 is 23.0 Å². The number of rotatable bonds is 7. The van der Waals surface area contributed by atoms with E-state index in [0.29, 0.717) is 23.8 Å². The van der Waals surface area contributed by atoms with Gasteiger partial charge in [0.25, 0.3) is 0 Å². The van der Waals surface area contributed by atoms with Gasteiger partial charge in [-0.1, -0.05) is 12.1 Å². The van der Waals surface area contributed by atoms with Gasteiger partial charge in [0.1, 0.15) is 5.82 Å². The highest BCUT2D eigenvalue weighted by Gasteiger charge is 2.12. The maximum Gasteiger partial charge on any atom is 0.244 e. The van der Waals surface area contributed by atoms with Gasteiger partial charge in [0.05, 0.1) is 38.9 Å². The van der Waals surface area contributed by atoms with Crippen LogP contribution < -0.4 is 19.5 Å². The molecule has 3 rings (SSSR count). The fraction of sp³-hybridized carbons (Fsp3) is 0.238. The van der Waals surface area contributed by atoms with Crippen LogP contribution in [-0.4, -0.2) is 36.8 Å². The summed E-state index contributed by atoms with van der Waals surface area (Å²) in [4.78, 5) is 16.8. The molecule has 0 saturated carbocycles. The molecule has 1 amide bonds. The van der Waals surface area contributed by atoms with Crippen LogP contribution in [0.1, 0.15) is 11.4 Å². The monoisotopic (exact) mass is 381 g/mol. The summed E-state index contributed by atoms with van der Waals surface area (Å²) in [5.74, 6) is 2.13. The third-order valence-corrected chi connectivity index (χ3v) is 4.41. The molecule has 3 aromatic rings. The molecule has 0 atom stereocenters. The number of aryl methyl sites for hydroxylation is 1. The number of ether oxygens (including phenoxy) is 3. The standard InChI is InChI=1S/C21H23N3O4/c1-24-16-8-6-5-7-15(16)23-19(24)13-22-20(25)10-9-14-11-17(26-2)21(28-4)18(12-14)27-3/h5-12H,13H2,1-4H3,(H,22,25)/b10-9+. The second-order valence-corrected chi connectivity index (χ2v) is 6.09. The number of nitrogens with zero attached hydrogens (tertiary/aromatic N) is 2. The quantitative estimate of drug-likeness (QED) is 0.637. The average Bonchev–Trinajstić information content (AvgIpc) is 3.05. The number of para-hydroxylation sites is 2. The highest BCUT2D eigenvalue weighted by Crippen LogP contribution is 2.38. The van der Waals surface area contributed by atoms with E-state index in [9.17, 15) is 4.79 Å². The number of benzene rings is 2. The number of nitrogens with one attached hydrogen (secondary N) is 1. The van der Waals surface area contributed by atoms with Crippen LogP contribution in [0.4, 0.5) is 0 Å². The van der Waals surface area contributed by atoms with Crippen molar-refractivity contribution in [1.29, 1.82) is 0 Å². The lowest BCUT2D eigenvalue weighted by molar-refractivity contribution is -0.116. The van der Waals surface area contributed by atoms with Gasteiger partial charge in [0, 0.05) is 13.1 Å². The Morgan fingerprint density at radius 2 is 1.79 bits per heavy atom. The minimum absolute atomic E-state index is 0.221. The fourth-order valence-corrected chi connectivity index (χ4v) is 2.95. The first-order valence-corrected chi connectivity index (χ1v) is 8.73. The fourth-order valence-electron chi connectivity index (χ4n) is 2.95. The van der Waals surface area contributed by atoms with Crippen LogP contribution in [0.25, 0.3) is 17.1 Å². The minimum atomic E-state index is -0.221. The van der Waals surface area contributed by atoms with E-state index in [-0.39, 0.29) is 5.91 Å². The van der Waals surface area contributed by atoms with Gasteiger partial charge in [0.15, 0.2) is 11.5 Å². The van der Waals surface area contributed by atoms with E-state index in [0.717, 1.165) is 22.4 Å².